The van der Waals surface area contributed by atoms with Crippen molar-refractivity contribution < 1.29 is 9.84 Å². The zero-order chi connectivity index (χ0) is 9.23. The predicted molar refractivity (Wildman–Crippen MR) is 50.1 cm³/mol. The van der Waals surface area contributed by atoms with Crippen LogP contribution in [0.15, 0.2) is 25.3 Å². The smallest absolute Gasteiger partial charge is 0.0897 e. The van der Waals surface area contributed by atoms with Gasteiger partial charge in [0, 0.05) is 13.1 Å². The van der Waals surface area contributed by atoms with Crippen LogP contribution in [-0.4, -0.2) is 37.5 Å². The van der Waals surface area contributed by atoms with Gasteiger partial charge in [0.05, 0.1) is 19.3 Å². The van der Waals surface area contributed by atoms with Gasteiger partial charge in [0.25, 0.3) is 0 Å². The molecule has 1 atom stereocenters. The summed E-state index contributed by atoms with van der Waals surface area (Å²) < 4.78 is 5.04. The molecule has 0 aromatic carbocycles. The summed E-state index contributed by atoms with van der Waals surface area (Å²) in [6.07, 6.45) is 2.95. The molecule has 2 N–H and O–H groups in total. The molecule has 3 nitrogen and oxygen atoms in total. The Balaban J connectivity index is 3.14. The van der Waals surface area contributed by atoms with Crippen LogP contribution in [0.25, 0.3) is 0 Å². The molecule has 0 radical (unpaired) electrons. The molecule has 0 aliphatic rings. The van der Waals surface area contributed by atoms with Crippen molar-refractivity contribution in [3.63, 3.8) is 0 Å². The van der Waals surface area contributed by atoms with Crippen molar-refractivity contribution in [2.75, 3.05) is 26.3 Å². The van der Waals surface area contributed by atoms with Crippen LogP contribution in [0.3, 0.4) is 0 Å². The van der Waals surface area contributed by atoms with Crippen molar-refractivity contribution in [3.8, 4) is 0 Å². The number of hydrogen-bond donors (Lipinski definition) is 2. The van der Waals surface area contributed by atoms with Gasteiger partial charge in [-0.05, 0) is 0 Å². The lowest BCUT2D eigenvalue weighted by molar-refractivity contribution is 0.0500. The van der Waals surface area contributed by atoms with Crippen LogP contribution in [0.2, 0.25) is 0 Å². The third-order valence-electron chi connectivity index (χ3n) is 1.21. The van der Waals surface area contributed by atoms with E-state index in [1.54, 1.807) is 12.2 Å². The first kappa shape index (κ1) is 11.4. The minimum absolute atomic E-state index is 0.343. The van der Waals surface area contributed by atoms with E-state index in [1.165, 1.54) is 0 Å². The number of aliphatic hydroxyl groups excluding tert-OH is 1. The monoisotopic (exact) mass is 171 g/mol. The van der Waals surface area contributed by atoms with Gasteiger partial charge in [0.2, 0.25) is 0 Å². The summed E-state index contributed by atoms with van der Waals surface area (Å²) in [6.45, 7) is 9.11. The summed E-state index contributed by atoms with van der Waals surface area (Å²) in [6, 6.07) is 0. The van der Waals surface area contributed by atoms with Gasteiger partial charge >= 0.3 is 0 Å². The predicted octanol–water partition coefficient (Wildman–Crippen LogP) is 0.325. The fourth-order valence-corrected chi connectivity index (χ4v) is 0.698. The molecule has 0 aromatic rings. The number of nitrogens with one attached hydrogen (secondary N) is 1. The first-order valence-electron chi connectivity index (χ1n) is 3.99. The second-order valence-corrected chi connectivity index (χ2v) is 2.43. The highest BCUT2D eigenvalue weighted by Crippen LogP contribution is 1.83. The first-order valence-corrected chi connectivity index (χ1v) is 3.99. The van der Waals surface area contributed by atoms with Crippen LogP contribution in [0, 0.1) is 0 Å². The maximum absolute atomic E-state index is 9.25. The van der Waals surface area contributed by atoms with Gasteiger partial charge in [-0.15, -0.1) is 13.2 Å². The average molecular weight is 171 g/mol. The molecular formula is C9H17NO2. The topological polar surface area (TPSA) is 41.5 Å². The van der Waals surface area contributed by atoms with Crippen LogP contribution in [0.5, 0.6) is 0 Å². The van der Waals surface area contributed by atoms with Gasteiger partial charge in [-0.3, -0.25) is 0 Å². The molecule has 0 saturated carbocycles. The molecule has 0 rings (SSSR count). The molecule has 0 heterocycles. The highest BCUT2D eigenvalue weighted by atomic mass is 16.5. The summed E-state index contributed by atoms with van der Waals surface area (Å²) in [7, 11) is 0. The molecular weight excluding hydrogens is 154 g/mol. The molecule has 0 aliphatic heterocycles. The zero-order valence-corrected chi connectivity index (χ0v) is 7.33. The van der Waals surface area contributed by atoms with E-state index in [2.05, 4.69) is 18.5 Å². The molecule has 3 heteroatoms. The van der Waals surface area contributed by atoms with E-state index in [4.69, 9.17) is 4.74 Å². The van der Waals surface area contributed by atoms with Gasteiger partial charge in [-0.1, -0.05) is 12.2 Å². The van der Waals surface area contributed by atoms with Crippen molar-refractivity contribution in [1.29, 1.82) is 0 Å². The highest BCUT2D eigenvalue weighted by Gasteiger charge is 2.01. The van der Waals surface area contributed by atoms with E-state index in [0.717, 1.165) is 0 Å². The van der Waals surface area contributed by atoms with Gasteiger partial charge in [0.1, 0.15) is 0 Å². The Kier molecular flexibility index (Phi) is 8.01. The van der Waals surface area contributed by atoms with Crippen LogP contribution >= 0.6 is 0 Å². The summed E-state index contributed by atoms with van der Waals surface area (Å²) in [4.78, 5) is 0. The van der Waals surface area contributed by atoms with Crippen molar-refractivity contribution in [3.05, 3.63) is 25.3 Å². The van der Waals surface area contributed by atoms with Gasteiger partial charge in [-0.25, -0.2) is 0 Å². The van der Waals surface area contributed by atoms with E-state index in [0.29, 0.717) is 26.3 Å². The Morgan fingerprint density at radius 1 is 1.42 bits per heavy atom. The van der Waals surface area contributed by atoms with Crippen LogP contribution in [-0.2, 0) is 4.74 Å². The number of rotatable bonds is 8. The van der Waals surface area contributed by atoms with Gasteiger partial charge in [0.15, 0.2) is 0 Å². The summed E-state index contributed by atoms with van der Waals surface area (Å²) in [5.41, 5.74) is 0. The number of aliphatic hydroxyl groups is 1. The van der Waals surface area contributed by atoms with Crippen molar-refractivity contribution in [2.24, 2.45) is 0 Å². The summed E-state index contributed by atoms with van der Waals surface area (Å²) in [5.74, 6) is 0. The van der Waals surface area contributed by atoms with Crippen LogP contribution in [0.4, 0.5) is 0 Å². The summed E-state index contributed by atoms with van der Waals surface area (Å²) >= 11 is 0. The van der Waals surface area contributed by atoms with E-state index < -0.39 is 6.10 Å². The van der Waals surface area contributed by atoms with Crippen LogP contribution in [0.1, 0.15) is 0 Å². The SMILES string of the molecule is C=CCNCC(O)COCC=C. The minimum atomic E-state index is -0.454. The highest BCUT2D eigenvalue weighted by molar-refractivity contribution is 4.71. The van der Waals surface area contributed by atoms with Crippen molar-refractivity contribution >= 4 is 0 Å². The number of hydrogen-bond acceptors (Lipinski definition) is 3. The molecule has 0 saturated heterocycles. The van der Waals surface area contributed by atoms with Crippen molar-refractivity contribution in [2.45, 2.75) is 6.10 Å². The van der Waals surface area contributed by atoms with E-state index in [9.17, 15) is 5.11 Å². The molecule has 0 spiro atoms. The standard InChI is InChI=1S/C9H17NO2/c1-3-5-10-7-9(11)8-12-6-4-2/h3-4,9-11H,1-2,5-8H2. The third-order valence-corrected chi connectivity index (χ3v) is 1.21. The van der Waals surface area contributed by atoms with Crippen LogP contribution < -0.4 is 5.32 Å². The molecule has 0 fully saturated rings. The molecule has 0 aromatic heterocycles. The Morgan fingerprint density at radius 3 is 2.75 bits per heavy atom. The fraction of sp³-hybridized carbons (Fsp3) is 0.556. The molecule has 12 heavy (non-hydrogen) atoms. The lowest BCUT2D eigenvalue weighted by Crippen LogP contribution is -2.30. The minimum Gasteiger partial charge on any atom is -0.389 e. The van der Waals surface area contributed by atoms with Crippen molar-refractivity contribution in [1.82, 2.24) is 5.32 Å². The third kappa shape index (κ3) is 7.47. The lowest BCUT2D eigenvalue weighted by Gasteiger charge is -2.10. The molecule has 0 amide bonds. The van der Waals surface area contributed by atoms with E-state index in [1.807, 2.05) is 0 Å². The Labute approximate surface area is 73.7 Å². The lowest BCUT2D eigenvalue weighted by atomic mass is 10.4. The Morgan fingerprint density at radius 2 is 2.17 bits per heavy atom. The van der Waals surface area contributed by atoms with Gasteiger partial charge in [-0.2, -0.15) is 0 Å². The molecule has 1 unspecified atom stereocenters. The second kappa shape index (κ2) is 8.46. The first-order chi connectivity index (χ1) is 5.81. The number of ether oxygens (including phenoxy) is 1. The molecule has 0 aliphatic carbocycles. The maximum Gasteiger partial charge on any atom is 0.0897 e. The second-order valence-electron chi connectivity index (χ2n) is 2.43. The Hall–Kier alpha value is -0.640. The quantitative estimate of drug-likeness (QED) is 0.408. The normalized spacial score (nSPS) is 12.4. The zero-order valence-electron chi connectivity index (χ0n) is 7.33. The largest absolute Gasteiger partial charge is 0.389 e. The summed E-state index contributed by atoms with van der Waals surface area (Å²) in [5, 5.41) is 12.2. The van der Waals surface area contributed by atoms with Gasteiger partial charge < -0.3 is 15.2 Å². The molecule has 0 bridgehead atoms. The Bertz CT molecular complexity index is 112. The average Bonchev–Trinajstić information content (AvgIpc) is 2.06. The maximum atomic E-state index is 9.25. The van der Waals surface area contributed by atoms with E-state index in [-0.39, 0.29) is 0 Å². The fourth-order valence-electron chi connectivity index (χ4n) is 0.698. The van der Waals surface area contributed by atoms with E-state index >= 15 is 0 Å². The molecule has 70 valence electrons.